The number of carbonyl (C=O) groups is 1. The maximum Gasteiger partial charge on any atom is 0.251 e. The first kappa shape index (κ1) is 15.0. The first-order valence-corrected chi connectivity index (χ1v) is 6.24. The van der Waals surface area contributed by atoms with Crippen molar-refractivity contribution >= 4 is 18.5 Å². The average molecular weight is 269 g/mol. The number of benzene rings is 1. The van der Waals surface area contributed by atoms with Crippen LogP contribution < -0.4 is 5.32 Å². The summed E-state index contributed by atoms with van der Waals surface area (Å²) >= 11 is 4.23. The molecule has 0 radical (unpaired) electrons. The monoisotopic (exact) mass is 269 g/mol. The molecule has 0 aliphatic rings. The van der Waals surface area contributed by atoms with E-state index in [9.17, 15) is 4.79 Å². The molecule has 0 bridgehead atoms. The van der Waals surface area contributed by atoms with Gasteiger partial charge >= 0.3 is 0 Å². The second kappa shape index (κ2) is 8.13. The molecule has 1 amide bonds. The summed E-state index contributed by atoms with van der Waals surface area (Å²) in [6.45, 7) is 3.97. The molecule has 0 spiro atoms. The summed E-state index contributed by atoms with van der Waals surface area (Å²) < 4.78 is 10.1. The van der Waals surface area contributed by atoms with E-state index in [2.05, 4.69) is 17.9 Å². The van der Waals surface area contributed by atoms with Crippen LogP contribution in [0.5, 0.6) is 0 Å². The van der Waals surface area contributed by atoms with E-state index in [0.29, 0.717) is 31.9 Å². The van der Waals surface area contributed by atoms with Crippen LogP contribution in [0.15, 0.2) is 23.1 Å². The SMILES string of the molecule is COCCOCCNC(=O)c1cc(S)ccc1C. The molecule has 1 rings (SSSR count). The Kier molecular flexibility index (Phi) is 6.78. The number of hydrogen-bond donors (Lipinski definition) is 2. The minimum Gasteiger partial charge on any atom is -0.382 e. The molecule has 5 heteroatoms. The molecule has 0 saturated heterocycles. The number of nitrogens with one attached hydrogen (secondary N) is 1. The van der Waals surface area contributed by atoms with Crippen LogP contribution in [0.4, 0.5) is 0 Å². The van der Waals surface area contributed by atoms with Crippen molar-refractivity contribution in [3.8, 4) is 0 Å². The molecule has 1 aromatic rings. The van der Waals surface area contributed by atoms with E-state index < -0.39 is 0 Å². The van der Waals surface area contributed by atoms with Gasteiger partial charge in [-0.1, -0.05) is 6.07 Å². The number of ether oxygens (including phenoxy) is 2. The van der Waals surface area contributed by atoms with Crippen LogP contribution in [0.2, 0.25) is 0 Å². The standard InChI is InChI=1S/C13H19NO3S/c1-10-3-4-11(18)9-12(10)13(15)14-5-6-17-8-7-16-2/h3-4,9,18H,5-8H2,1-2H3,(H,14,15). The Morgan fingerprint density at radius 1 is 1.33 bits per heavy atom. The normalized spacial score (nSPS) is 10.4. The third-order valence-corrected chi connectivity index (χ3v) is 2.71. The predicted molar refractivity (Wildman–Crippen MR) is 73.5 cm³/mol. The first-order chi connectivity index (χ1) is 8.65. The zero-order valence-electron chi connectivity index (χ0n) is 10.7. The van der Waals surface area contributed by atoms with Crippen molar-refractivity contribution in [2.45, 2.75) is 11.8 Å². The highest BCUT2D eigenvalue weighted by molar-refractivity contribution is 7.80. The number of rotatable bonds is 7. The third-order valence-electron chi connectivity index (χ3n) is 2.43. The summed E-state index contributed by atoms with van der Waals surface area (Å²) in [4.78, 5) is 12.7. The van der Waals surface area contributed by atoms with E-state index in [0.717, 1.165) is 10.5 Å². The highest BCUT2D eigenvalue weighted by atomic mass is 32.1. The van der Waals surface area contributed by atoms with Gasteiger partial charge in [-0.05, 0) is 24.6 Å². The lowest BCUT2D eigenvalue weighted by Gasteiger charge is -2.08. The van der Waals surface area contributed by atoms with Crippen molar-refractivity contribution in [1.82, 2.24) is 5.32 Å². The van der Waals surface area contributed by atoms with Gasteiger partial charge in [0, 0.05) is 24.1 Å². The molecule has 0 heterocycles. The maximum absolute atomic E-state index is 11.9. The molecule has 1 N–H and O–H groups in total. The van der Waals surface area contributed by atoms with Gasteiger partial charge in [0.05, 0.1) is 19.8 Å². The molecular weight excluding hydrogens is 250 g/mol. The van der Waals surface area contributed by atoms with Gasteiger partial charge in [-0.3, -0.25) is 4.79 Å². The minimum atomic E-state index is -0.0984. The Morgan fingerprint density at radius 3 is 2.83 bits per heavy atom. The summed E-state index contributed by atoms with van der Waals surface area (Å²) in [7, 11) is 1.62. The van der Waals surface area contributed by atoms with Crippen LogP contribution in [0, 0.1) is 6.92 Å². The summed E-state index contributed by atoms with van der Waals surface area (Å²) in [5, 5.41) is 2.81. The van der Waals surface area contributed by atoms with Crippen molar-refractivity contribution in [2.75, 3.05) is 33.5 Å². The van der Waals surface area contributed by atoms with Gasteiger partial charge in [0.25, 0.3) is 5.91 Å². The lowest BCUT2D eigenvalue weighted by Crippen LogP contribution is -2.28. The number of carbonyl (C=O) groups excluding carboxylic acids is 1. The first-order valence-electron chi connectivity index (χ1n) is 5.79. The molecule has 0 aromatic heterocycles. The van der Waals surface area contributed by atoms with E-state index in [1.165, 1.54) is 0 Å². The molecule has 0 aliphatic heterocycles. The lowest BCUT2D eigenvalue weighted by molar-refractivity contribution is 0.0692. The molecule has 0 atom stereocenters. The highest BCUT2D eigenvalue weighted by Gasteiger charge is 2.08. The summed E-state index contributed by atoms with van der Waals surface area (Å²) in [6.07, 6.45) is 0. The van der Waals surface area contributed by atoms with Crippen molar-refractivity contribution < 1.29 is 14.3 Å². The fourth-order valence-electron chi connectivity index (χ4n) is 1.43. The summed E-state index contributed by atoms with van der Waals surface area (Å²) in [5.41, 5.74) is 1.59. The van der Waals surface area contributed by atoms with Gasteiger partial charge < -0.3 is 14.8 Å². The number of amides is 1. The van der Waals surface area contributed by atoms with Crippen molar-refractivity contribution in [1.29, 1.82) is 0 Å². The molecule has 4 nitrogen and oxygen atoms in total. The van der Waals surface area contributed by atoms with E-state index >= 15 is 0 Å². The topological polar surface area (TPSA) is 47.6 Å². The van der Waals surface area contributed by atoms with E-state index in [4.69, 9.17) is 9.47 Å². The molecule has 0 aliphatic carbocycles. The Morgan fingerprint density at radius 2 is 2.11 bits per heavy atom. The number of aryl methyl sites for hydroxylation is 1. The van der Waals surface area contributed by atoms with E-state index in [1.54, 1.807) is 13.2 Å². The van der Waals surface area contributed by atoms with Crippen LogP contribution in [-0.4, -0.2) is 39.4 Å². The van der Waals surface area contributed by atoms with Crippen molar-refractivity contribution in [3.05, 3.63) is 29.3 Å². The Balaban J connectivity index is 2.34. The molecule has 0 fully saturated rings. The van der Waals surface area contributed by atoms with Crippen LogP contribution in [0.3, 0.4) is 0 Å². The molecule has 0 saturated carbocycles. The highest BCUT2D eigenvalue weighted by Crippen LogP contribution is 2.13. The smallest absolute Gasteiger partial charge is 0.251 e. The zero-order chi connectivity index (χ0) is 13.4. The van der Waals surface area contributed by atoms with Gasteiger partial charge in [-0.25, -0.2) is 0 Å². The number of thiol groups is 1. The number of hydrogen-bond acceptors (Lipinski definition) is 4. The van der Waals surface area contributed by atoms with Crippen LogP contribution in [0.25, 0.3) is 0 Å². The predicted octanol–water partition coefficient (Wildman–Crippen LogP) is 1.68. The fourth-order valence-corrected chi connectivity index (χ4v) is 1.63. The Labute approximate surface area is 113 Å². The molecule has 0 unspecified atom stereocenters. The minimum absolute atomic E-state index is 0.0984. The summed E-state index contributed by atoms with van der Waals surface area (Å²) in [6, 6.07) is 5.51. The van der Waals surface area contributed by atoms with Gasteiger partial charge in [-0.15, -0.1) is 12.6 Å². The fraction of sp³-hybridized carbons (Fsp3) is 0.462. The second-order valence-electron chi connectivity index (χ2n) is 3.86. The van der Waals surface area contributed by atoms with Gasteiger partial charge in [-0.2, -0.15) is 0 Å². The zero-order valence-corrected chi connectivity index (χ0v) is 11.6. The number of methoxy groups -OCH3 is 1. The second-order valence-corrected chi connectivity index (χ2v) is 4.38. The maximum atomic E-state index is 11.9. The molecular formula is C13H19NO3S. The average Bonchev–Trinajstić information content (AvgIpc) is 2.36. The largest absolute Gasteiger partial charge is 0.382 e. The third kappa shape index (κ3) is 5.08. The van der Waals surface area contributed by atoms with Gasteiger partial charge in [0.2, 0.25) is 0 Å². The van der Waals surface area contributed by atoms with Crippen LogP contribution in [-0.2, 0) is 9.47 Å². The lowest BCUT2D eigenvalue weighted by atomic mass is 10.1. The van der Waals surface area contributed by atoms with Gasteiger partial charge in [0.15, 0.2) is 0 Å². The Hall–Kier alpha value is -1.04. The van der Waals surface area contributed by atoms with Crippen LogP contribution in [0.1, 0.15) is 15.9 Å². The van der Waals surface area contributed by atoms with Crippen LogP contribution >= 0.6 is 12.6 Å². The van der Waals surface area contributed by atoms with E-state index in [-0.39, 0.29) is 5.91 Å². The molecule has 18 heavy (non-hydrogen) atoms. The van der Waals surface area contributed by atoms with E-state index in [1.807, 2.05) is 19.1 Å². The van der Waals surface area contributed by atoms with Gasteiger partial charge in [0.1, 0.15) is 0 Å². The van der Waals surface area contributed by atoms with Crippen molar-refractivity contribution in [3.63, 3.8) is 0 Å². The summed E-state index contributed by atoms with van der Waals surface area (Å²) in [5.74, 6) is -0.0984. The Bertz CT molecular complexity index is 396. The molecule has 100 valence electrons. The van der Waals surface area contributed by atoms with Crippen molar-refractivity contribution in [2.24, 2.45) is 0 Å². The quantitative estimate of drug-likeness (QED) is 0.585. The molecule has 1 aromatic carbocycles.